The summed E-state index contributed by atoms with van der Waals surface area (Å²) in [7, 11) is 0. The third-order valence-electron chi connectivity index (χ3n) is 2.26. The van der Waals surface area contributed by atoms with Crippen LogP contribution in [0.2, 0.25) is 0 Å². The monoisotopic (exact) mass is 284 g/mol. The molecule has 1 aromatic heterocycles. The first-order valence-electron chi connectivity index (χ1n) is 5.23. The van der Waals surface area contributed by atoms with Crippen molar-refractivity contribution in [2.24, 2.45) is 0 Å². The lowest BCUT2D eigenvalue weighted by Gasteiger charge is -2.30. The second-order valence-corrected chi connectivity index (χ2v) is 5.83. The minimum Gasteiger partial charge on any atom is -0.419 e. The van der Waals surface area contributed by atoms with Crippen molar-refractivity contribution in [3.8, 4) is 0 Å². The average molecular weight is 284 g/mol. The van der Waals surface area contributed by atoms with Crippen LogP contribution in [0.4, 0.5) is 0 Å². The van der Waals surface area contributed by atoms with Crippen molar-refractivity contribution >= 4 is 39.9 Å². The van der Waals surface area contributed by atoms with Gasteiger partial charge in [-0.05, 0) is 17.7 Å². The van der Waals surface area contributed by atoms with Gasteiger partial charge in [-0.25, -0.2) is 9.59 Å². The van der Waals surface area contributed by atoms with Crippen molar-refractivity contribution in [1.82, 2.24) is 0 Å². The van der Waals surface area contributed by atoms with E-state index in [1.165, 1.54) is 36.9 Å². The molecule has 1 aromatic rings. The number of cyclic esters (lactones) is 2. The zero-order valence-electron chi connectivity index (χ0n) is 10.2. The van der Waals surface area contributed by atoms with Crippen LogP contribution >= 0.6 is 23.1 Å². The summed E-state index contributed by atoms with van der Waals surface area (Å²) in [5.74, 6) is -2.46. The zero-order chi connectivity index (χ0) is 13.3. The summed E-state index contributed by atoms with van der Waals surface area (Å²) in [6.45, 7) is 3.06. The predicted molar refractivity (Wildman–Crippen MR) is 71.0 cm³/mol. The summed E-state index contributed by atoms with van der Waals surface area (Å²) in [5.41, 5.74) is -0.0238. The number of ether oxygens (including phenoxy) is 2. The molecule has 96 valence electrons. The van der Waals surface area contributed by atoms with Gasteiger partial charge < -0.3 is 9.47 Å². The normalized spacial score (nSPS) is 18.3. The van der Waals surface area contributed by atoms with Gasteiger partial charge in [0, 0.05) is 23.6 Å². The molecule has 0 saturated carbocycles. The highest BCUT2D eigenvalue weighted by Gasteiger charge is 2.41. The maximum absolute atomic E-state index is 11.9. The van der Waals surface area contributed by atoms with E-state index in [4.69, 9.17) is 9.47 Å². The molecule has 0 aromatic carbocycles. The van der Waals surface area contributed by atoms with Crippen molar-refractivity contribution in [2.45, 2.75) is 19.6 Å². The van der Waals surface area contributed by atoms with E-state index < -0.39 is 17.7 Å². The summed E-state index contributed by atoms with van der Waals surface area (Å²) >= 11 is 2.79. The number of rotatable bonds is 2. The Morgan fingerprint density at radius 2 is 1.89 bits per heavy atom. The molecule has 6 heteroatoms. The lowest BCUT2D eigenvalue weighted by molar-refractivity contribution is -0.222. The molecule has 1 aliphatic heterocycles. The number of hydrogen-bond acceptors (Lipinski definition) is 6. The zero-order valence-corrected chi connectivity index (χ0v) is 11.8. The van der Waals surface area contributed by atoms with Gasteiger partial charge >= 0.3 is 11.9 Å². The van der Waals surface area contributed by atoms with Crippen molar-refractivity contribution in [3.05, 3.63) is 28.0 Å². The Balaban J connectivity index is 2.48. The van der Waals surface area contributed by atoms with Crippen LogP contribution in [-0.4, -0.2) is 24.0 Å². The lowest BCUT2D eigenvalue weighted by atomic mass is 10.2. The van der Waals surface area contributed by atoms with Gasteiger partial charge in [0.25, 0.3) is 5.79 Å². The van der Waals surface area contributed by atoms with Crippen LogP contribution in [0, 0.1) is 0 Å². The van der Waals surface area contributed by atoms with Crippen molar-refractivity contribution in [1.29, 1.82) is 0 Å². The summed E-state index contributed by atoms with van der Waals surface area (Å²) in [6, 6.07) is 3.71. The Bertz CT molecular complexity index is 492. The van der Waals surface area contributed by atoms with Gasteiger partial charge in [-0.1, -0.05) is 6.07 Å². The third kappa shape index (κ3) is 2.44. The second-order valence-electron chi connectivity index (χ2n) is 4.06. The van der Waals surface area contributed by atoms with E-state index >= 15 is 0 Å². The molecule has 1 aliphatic rings. The number of hydrogen-bond donors (Lipinski definition) is 0. The smallest absolute Gasteiger partial charge is 0.350 e. The number of thiophene rings is 1. The van der Waals surface area contributed by atoms with Crippen molar-refractivity contribution in [2.75, 3.05) is 6.26 Å². The highest BCUT2D eigenvalue weighted by Crippen LogP contribution is 2.36. The molecule has 0 N–H and O–H groups in total. The minimum absolute atomic E-state index is 0.0238. The lowest BCUT2D eigenvalue weighted by Crippen LogP contribution is -2.42. The van der Waals surface area contributed by atoms with E-state index in [0.29, 0.717) is 4.91 Å². The molecule has 1 fully saturated rings. The third-order valence-corrected chi connectivity index (χ3v) is 4.11. The Hall–Kier alpha value is -1.27. The van der Waals surface area contributed by atoms with E-state index in [-0.39, 0.29) is 5.57 Å². The fourth-order valence-corrected chi connectivity index (χ4v) is 3.28. The molecule has 0 spiro atoms. The van der Waals surface area contributed by atoms with Gasteiger partial charge in [0.05, 0.1) is 0 Å². The highest BCUT2D eigenvalue weighted by atomic mass is 32.2. The van der Waals surface area contributed by atoms with Gasteiger partial charge in [0.1, 0.15) is 0 Å². The first-order valence-corrected chi connectivity index (χ1v) is 7.34. The maximum Gasteiger partial charge on any atom is 0.350 e. The van der Waals surface area contributed by atoms with Gasteiger partial charge in [0.15, 0.2) is 5.57 Å². The second kappa shape index (κ2) is 4.78. The largest absolute Gasteiger partial charge is 0.419 e. The number of esters is 2. The van der Waals surface area contributed by atoms with E-state index in [0.717, 1.165) is 4.88 Å². The van der Waals surface area contributed by atoms with E-state index in [1.807, 2.05) is 23.8 Å². The molecule has 0 radical (unpaired) electrons. The molecule has 0 amide bonds. The molecule has 2 heterocycles. The molecule has 1 saturated heterocycles. The number of carbonyl (C=O) groups excluding carboxylic acids is 2. The SMILES string of the molecule is CSC(=C1C(=O)OC(C)(C)OC1=O)c1cccs1. The van der Waals surface area contributed by atoms with Gasteiger partial charge in [-0.2, -0.15) is 0 Å². The standard InChI is InChI=1S/C12H12O4S2/c1-12(2)15-10(13)8(11(14)16-12)9(17-3)7-5-4-6-18-7/h4-6H,1-3H3. The number of thioether (sulfide) groups is 1. The quantitative estimate of drug-likeness (QED) is 0.475. The van der Waals surface area contributed by atoms with Crippen LogP contribution < -0.4 is 0 Å². The first-order chi connectivity index (χ1) is 8.44. The molecular formula is C12H12O4S2. The first kappa shape index (κ1) is 13.2. The molecule has 4 nitrogen and oxygen atoms in total. The van der Waals surface area contributed by atoms with Gasteiger partial charge in [-0.15, -0.1) is 23.1 Å². The molecule has 0 unspecified atom stereocenters. The van der Waals surface area contributed by atoms with Crippen molar-refractivity contribution in [3.63, 3.8) is 0 Å². The van der Waals surface area contributed by atoms with Crippen LogP contribution in [0.25, 0.3) is 4.91 Å². The molecular weight excluding hydrogens is 272 g/mol. The minimum atomic E-state index is -1.20. The van der Waals surface area contributed by atoms with Gasteiger partial charge in [0.2, 0.25) is 0 Å². The number of carbonyl (C=O) groups is 2. The Labute approximate surface area is 113 Å². The summed E-state index contributed by atoms with van der Waals surface area (Å²) < 4.78 is 10.2. The molecule has 2 rings (SSSR count). The Kier molecular flexibility index (Phi) is 3.49. The van der Waals surface area contributed by atoms with Crippen LogP contribution in [0.1, 0.15) is 18.7 Å². The van der Waals surface area contributed by atoms with Crippen LogP contribution in [0.3, 0.4) is 0 Å². The molecule has 0 atom stereocenters. The average Bonchev–Trinajstić information content (AvgIpc) is 2.74. The van der Waals surface area contributed by atoms with Gasteiger partial charge in [-0.3, -0.25) is 0 Å². The summed E-state index contributed by atoms with van der Waals surface area (Å²) in [4.78, 5) is 25.3. The van der Waals surface area contributed by atoms with E-state index in [9.17, 15) is 9.59 Å². The molecule has 0 bridgehead atoms. The summed E-state index contributed by atoms with van der Waals surface area (Å²) in [5, 5.41) is 1.88. The van der Waals surface area contributed by atoms with E-state index in [1.54, 1.807) is 0 Å². The van der Waals surface area contributed by atoms with Crippen LogP contribution in [0.15, 0.2) is 23.1 Å². The Morgan fingerprint density at radius 3 is 2.33 bits per heavy atom. The summed E-state index contributed by atoms with van der Waals surface area (Å²) in [6.07, 6.45) is 1.81. The van der Waals surface area contributed by atoms with Crippen molar-refractivity contribution < 1.29 is 19.1 Å². The topological polar surface area (TPSA) is 52.6 Å². The van der Waals surface area contributed by atoms with E-state index in [2.05, 4.69) is 0 Å². The Morgan fingerprint density at radius 1 is 1.28 bits per heavy atom. The van der Waals surface area contributed by atoms with Crippen LogP contribution in [-0.2, 0) is 19.1 Å². The fraction of sp³-hybridized carbons (Fsp3) is 0.333. The highest BCUT2D eigenvalue weighted by molar-refractivity contribution is 8.08. The fourth-order valence-electron chi connectivity index (χ4n) is 1.57. The molecule has 18 heavy (non-hydrogen) atoms. The molecule has 0 aliphatic carbocycles. The maximum atomic E-state index is 11.9. The predicted octanol–water partition coefficient (Wildman–Crippen LogP) is 2.66. The van der Waals surface area contributed by atoms with Crippen LogP contribution in [0.5, 0.6) is 0 Å².